The van der Waals surface area contributed by atoms with Crippen molar-refractivity contribution in [2.75, 3.05) is 13.2 Å². The number of hydrogen-bond donors (Lipinski definition) is 3. The molecule has 0 aliphatic rings. The van der Waals surface area contributed by atoms with Crippen LogP contribution >= 0.6 is 0 Å². The highest BCUT2D eigenvalue weighted by Gasteiger charge is 2.05. The molecule has 0 saturated heterocycles. The summed E-state index contributed by atoms with van der Waals surface area (Å²) in [5, 5.41) is 16.4. The van der Waals surface area contributed by atoms with Gasteiger partial charge in [0.05, 0.1) is 6.61 Å². The van der Waals surface area contributed by atoms with Crippen molar-refractivity contribution in [1.29, 1.82) is 0 Å². The van der Waals surface area contributed by atoms with Crippen LogP contribution < -0.4 is 5.73 Å². The molecule has 1 unspecified atom stereocenters. The number of carboxylic acid groups (broad SMARTS) is 2. The van der Waals surface area contributed by atoms with E-state index in [1.807, 2.05) is 0 Å². The van der Waals surface area contributed by atoms with E-state index < -0.39 is 12.3 Å². The van der Waals surface area contributed by atoms with Gasteiger partial charge in [-0.1, -0.05) is 12.8 Å². The van der Waals surface area contributed by atoms with Gasteiger partial charge in [0.2, 0.25) is 0 Å². The number of unbranched alkanes of at least 4 members (excludes halogenated alkanes) is 2. The van der Waals surface area contributed by atoms with Crippen LogP contribution in [0.15, 0.2) is 0 Å². The van der Waals surface area contributed by atoms with E-state index in [4.69, 9.17) is 15.9 Å². The Kier molecular flexibility index (Phi) is 7.96. The van der Waals surface area contributed by atoms with Crippen molar-refractivity contribution in [3.05, 3.63) is 0 Å². The highest BCUT2D eigenvalue weighted by atomic mass is 16.7. The van der Waals surface area contributed by atoms with Crippen LogP contribution in [0.3, 0.4) is 0 Å². The topological polar surface area (TPSA) is 119 Å². The minimum Gasteiger partial charge on any atom is -0.450 e. The molecule has 0 radical (unpaired) electrons. The molecule has 0 spiro atoms. The molecule has 7 heteroatoms. The Morgan fingerprint density at radius 2 is 1.69 bits per heavy atom. The molecule has 0 aromatic rings. The maximum absolute atomic E-state index is 10.0. The van der Waals surface area contributed by atoms with Crippen LogP contribution in [0.2, 0.25) is 0 Å². The molecule has 0 aromatic heterocycles. The van der Waals surface area contributed by atoms with Crippen molar-refractivity contribution in [2.45, 2.75) is 31.7 Å². The van der Waals surface area contributed by atoms with Gasteiger partial charge >= 0.3 is 12.3 Å². The molecule has 0 amide bonds. The van der Waals surface area contributed by atoms with E-state index in [-0.39, 0.29) is 19.3 Å². The van der Waals surface area contributed by atoms with Crippen LogP contribution in [0.4, 0.5) is 9.59 Å². The van der Waals surface area contributed by atoms with E-state index >= 15 is 0 Å². The third-order valence-electron chi connectivity index (χ3n) is 1.87. The van der Waals surface area contributed by atoms with E-state index in [1.54, 1.807) is 0 Å². The molecule has 0 rings (SSSR count). The van der Waals surface area contributed by atoms with Crippen molar-refractivity contribution >= 4 is 12.3 Å². The average molecular weight is 235 g/mol. The van der Waals surface area contributed by atoms with Gasteiger partial charge < -0.3 is 25.4 Å². The Morgan fingerprint density at radius 3 is 2.25 bits per heavy atom. The lowest BCUT2D eigenvalue weighted by Crippen LogP contribution is -2.27. The van der Waals surface area contributed by atoms with E-state index in [2.05, 4.69) is 9.47 Å². The average Bonchev–Trinajstić information content (AvgIpc) is 2.19. The molecule has 0 fully saturated rings. The van der Waals surface area contributed by atoms with Crippen LogP contribution in [-0.2, 0) is 9.47 Å². The molecule has 7 nitrogen and oxygen atoms in total. The van der Waals surface area contributed by atoms with E-state index in [1.165, 1.54) is 0 Å². The fourth-order valence-electron chi connectivity index (χ4n) is 1.11. The monoisotopic (exact) mass is 235 g/mol. The summed E-state index contributed by atoms with van der Waals surface area (Å²) in [6.45, 7) is 0.164. The van der Waals surface area contributed by atoms with E-state index in [9.17, 15) is 9.59 Å². The first-order chi connectivity index (χ1) is 7.52. The highest BCUT2D eigenvalue weighted by molar-refractivity contribution is 5.56. The van der Waals surface area contributed by atoms with E-state index in [0.29, 0.717) is 12.8 Å². The number of nitrogens with two attached hydrogens (primary N) is 1. The predicted molar refractivity (Wildman–Crippen MR) is 54.4 cm³/mol. The Balaban J connectivity index is 3.24. The second kappa shape index (κ2) is 8.78. The number of hydrogen-bond acceptors (Lipinski definition) is 5. The number of ether oxygens (including phenoxy) is 2. The van der Waals surface area contributed by atoms with Crippen molar-refractivity contribution in [1.82, 2.24) is 0 Å². The van der Waals surface area contributed by atoms with Gasteiger partial charge in [-0.15, -0.1) is 0 Å². The summed E-state index contributed by atoms with van der Waals surface area (Å²) < 4.78 is 8.61. The maximum Gasteiger partial charge on any atom is 0.505 e. The van der Waals surface area contributed by atoms with Crippen molar-refractivity contribution in [2.24, 2.45) is 5.73 Å². The lowest BCUT2D eigenvalue weighted by Gasteiger charge is -2.09. The van der Waals surface area contributed by atoms with Crippen LogP contribution in [0.1, 0.15) is 25.7 Å². The summed E-state index contributed by atoms with van der Waals surface area (Å²) in [5.74, 6) is 0. The first-order valence-corrected chi connectivity index (χ1v) is 4.99. The van der Waals surface area contributed by atoms with Gasteiger partial charge in [-0.05, 0) is 12.8 Å². The summed E-state index contributed by atoms with van der Waals surface area (Å²) in [7, 11) is 0. The molecule has 4 N–H and O–H groups in total. The van der Waals surface area contributed by atoms with Crippen molar-refractivity contribution in [3.8, 4) is 0 Å². The van der Waals surface area contributed by atoms with Gasteiger partial charge in [0, 0.05) is 6.04 Å². The van der Waals surface area contributed by atoms with Gasteiger partial charge in [0.15, 0.2) is 0 Å². The first-order valence-electron chi connectivity index (χ1n) is 4.99. The molecule has 1 atom stereocenters. The Labute approximate surface area is 93.1 Å². The second-order valence-electron chi connectivity index (χ2n) is 3.30. The Morgan fingerprint density at radius 1 is 1.06 bits per heavy atom. The van der Waals surface area contributed by atoms with Gasteiger partial charge in [0.25, 0.3) is 0 Å². The third-order valence-corrected chi connectivity index (χ3v) is 1.87. The minimum atomic E-state index is -1.33. The van der Waals surface area contributed by atoms with Gasteiger partial charge in [-0.2, -0.15) is 0 Å². The van der Waals surface area contributed by atoms with E-state index in [0.717, 1.165) is 12.8 Å². The molecule has 0 aliphatic carbocycles. The molecular weight excluding hydrogens is 218 g/mol. The molecule has 16 heavy (non-hydrogen) atoms. The fourth-order valence-corrected chi connectivity index (χ4v) is 1.11. The predicted octanol–water partition coefficient (Wildman–Crippen LogP) is 1.26. The minimum absolute atomic E-state index is 0.0129. The zero-order valence-electron chi connectivity index (χ0n) is 8.92. The molecule has 94 valence electrons. The zero-order valence-corrected chi connectivity index (χ0v) is 8.92. The summed E-state index contributed by atoms with van der Waals surface area (Å²) in [5.41, 5.74) is 5.57. The molecule has 0 saturated carbocycles. The maximum atomic E-state index is 10.0. The van der Waals surface area contributed by atoms with Crippen LogP contribution in [0.25, 0.3) is 0 Å². The fraction of sp³-hybridized carbons (Fsp3) is 0.778. The first kappa shape index (κ1) is 14.5. The van der Waals surface area contributed by atoms with Crippen LogP contribution in [0, 0.1) is 0 Å². The Hall–Kier alpha value is -1.50. The third kappa shape index (κ3) is 10.6. The normalized spacial score (nSPS) is 11.8. The smallest absolute Gasteiger partial charge is 0.450 e. The SMILES string of the molecule is NC(CCCCCOC(=O)O)COC(=O)O. The largest absolute Gasteiger partial charge is 0.505 e. The molecule has 0 aliphatic heterocycles. The summed E-state index contributed by atoms with van der Waals surface area (Å²) in [6, 6.07) is -0.309. The lowest BCUT2D eigenvalue weighted by molar-refractivity contribution is 0.0849. The van der Waals surface area contributed by atoms with Crippen LogP contribution in [0.5, 0.6) is 0 Å². The standard InChI is InChI=1S/C9H17NO6/c10-7(6-16-9(13)14)4-2-1-3-5-15-8(11)12/h7H,1-6,10H2,(H,11,12)(H,13,14). The quantitative estimate of drug-likeness (QED) is 0.428. The summed E-state index contributed by atoms with van der Waals surface area (Å²) >= 11 is 0. The number of rotatable bonds is 8. The number of carbonyl (C=O) groups is 2. The van der Waals surface area contributed by atoms with Crippen molar-refractivity contribution in [3.63, 3.8) is 0 Å². The molecular formula is C9H17NO6. The molecule has 0 heterocycles. The molecule has 0 aromatic carbocycles. The van der Waals surface area contributed by atoms with Gasteiger partial charge in [-0.25, -0.2) is 9.59 Å². The van der Waals surface area contributed by atoms with Gasteiger partial charge in [-0.3, -0.25) is 0 Å². The lowest BCUT2D eigenvalue weighted by atomic mass is 10.1. The van der Waals surface area contributed by atoms with Crippen molar-refractivity contribution < 1.29 is 29.3 Å². The molecule has 0 bridgehead atoms. The summed E-state index contributed by atoms with van der Waals surface area (Å²) in [4.78, 5) is 20.0. The van der Waals surface area contributed by atoms with Gasteiger partial charge in [0.1, 0.15) is 6.61 Å². The highest BCUT2D eigenvalue weighted by Crippen LogP contribution is 2.03. The summed E-state index contributed by atoms with van der Waals surface area (Å²) in [6.07, 6.45) is 0.247. The van der Waals surface area contributed by atoms with Crippen LogP contribution in [-0.4, -0.2) is 41.8 Å². The second-order valence-corrected chi connectivity index (χ2v) is 3.30. The Bertz CT molecular complexity index is 220. The zero-order chi connectivity index (χ0) is 12.4.